The Kier molecular flexibility index (Phi) is 6.61. The molecular weight excluding hydrogens is 486 g/mol. The van der Waals surface area contributed by atoms with Gasteiger partial charge in [0.15, 0.2) is 17.3 Å². The molecule has 3 aromatic carbocycles. The van der Waals surface area contributed by atoms with Crippen molar-refractivity contribution in [2.75, 3.05) is 32.0 Å². The molecule has 10 nitrogen and oxygen atoms in total. The van der Waals surface area contributed by atoms with Gasteiger partial charge in [-0.3, -0.25) is 4.79 Å². The Morgan fingerprint density at radius 2 is 1.66 bits per heavy atom. The van der Waals surface area contributed by atoms with Gasteiger partial charge in [-0.2, -0.15) is 4.98 Å². The Bertz CT molecular complexity index is 1530. The Balaban J connectivity index is 1.59. The molecule has 0 radical (unpaired) electrons. The first-order chi connectivity index (χ1) is 18.4. The number of methoxy groups -OCH3 is 3. The summed E-state index contributed by atoms with van der Waals surface area (Å²) < 4.78 is 17.9. The summed E-state index contributed by atoms with van der Waals surface area (Å²) >= 11 is 0. The molecule has 0 saturated heterocycles. The predicted molar refractivity (Wildman–Crippen MR) is 143 cm³/mol. The third kappa shape index (κ3) is 4.47. The maximum atomic E-state index is 13.7. The number of carbonyl (C=O) groups excluding carboxylic acids is 1. The quantitative estimate of drug-likeness (QED) is 0.328. The van der Waals surface area contributed by atoms with Crippen molar-refractivity contribution in [3.8, 4) is 34.4 Å². The highest BCUT2D eigenvalue weighted by atomic mass is 16.5. The van der Waals surface area contributed by atoms with E-state index in [9.17, 15) is 9.90 Å². The predicted octanol–water partition coefficient (Wildman–Crippen LogP) is 4.60. The molecule has 194 valence electrons. The molecule has 0 fully saturated rings. The zero-order chi connectivity index (χ0) is 26.8. The number of rotatable bonds is 7. The molecule has 0 aliphatic carbocycles. The lowest BCUT2D eigenvalue weighted by atomic mass is 9.95. The molecular formula is C28H27N5O5. The van der Waals surface area contributed by atoms with Gasteiger partial charge in [-0.1, -0.05) is 24.3 Å². The molecule has 0 spiro atoms. The van der Waals surface area contributed by atoms with Crippen LogP contribution in [0.4, 0.5) is 11.6 Å². The van der Waals surface area contributed by atoms with Gasteiger partial charge in [0.1, 0.15) is 17.5 Å². The number of hydrogen-bond acceptors (Lipinski definition) is 8. The number of anilines is 2. The van der Waals surface area contributed by atoms with Gasteiger partial charge in [-0.25, -0.2) is 4.68 Å². The van der Waals surface area contributed by atoms with Crippen LogP contribution in [0, 0.1) is 0 Å². The van der Waals surface area contributed by atoms with E-state index in [0.29, 0.717) is 51.5 Å². The van der Waals surface area contributed by atoms with Crippen molar-refractivity contribution < 1.29 is 24.1 Å². The van der Waals surface area contributed by atoms with Gasteiger partial charge in [0.25, 0.3) is 5.91 Å². The number of para-hydroxylation sites is 2. The van der Waals surface area contributed by atoms with E-state index in [4.69, 9.17) is 24.3 Å². The second-order valence-electron chi connectivity index (χ2n) is 8.59. The molecule has 38 heavy (non-hydrogen) atoms. The smallest absolute Gasteiger partial charge is 0.255 e. The van der Waals surface area contributed by atoms with Crippen LogP contribution < -0.4 is 24.8 Å². The number of benzene rings is 3. The topological polar surface area (TPSA) is 120 Å². The van der Waals surface area contributed by atoms with Crippen LogP contribution >= 0.6 is 0 Å². The fourth-order valence-corrected chi connectivity index (χ4v) is 4.45. The van der Waals surface area contributed by atoms with Gasteiger partial charge in [0.05, 0.1) is 32.6 Å². The van der Waals surface area contributed by atoms with Crippen molar-refractivity contribution in [1.82, 2.24) is 14.8 Å². The largest absolute Gasteiger partial charge is 0.508 e. The summed E-state index contributed by atoms with van der Waals surface area (Å²) in [4.78, 5) is 18.4. The van der Waals surface area contributed by atoms with E-state index >= 15 is 0 Å². The number of nitrogens with zero attached hydrogens (tertiary/aromatic N) is 3. The number of hydrogen-bond donors (Lipinski definition) is 3. The highest BCUT2D eigenvalue weighted by Gasteiger charge is 2.35. The lowest BCUT2D eigenvalue weighted by Crippen LogP contribution is -2.31. The van der Waals surface area contributed by atoms with E-state index in [1.807, 2.05) is 25.1 Å². The van der Waals surface area contributed by atoms with Crippen LogP contribution in [-0.2, 0) is 4.79 Å². The minimum atomic E-state index is -0.622. The molecule has 1 aliphatic heterocycles. The summed E-state index contributed by atoms with van der Waals surface area (Å²) in [5, 5.41) is 20.9. The number of aromatic nitrogens is 3. The molecule has 1 unspecified atom stereocenters. The lowest BCUT2D eigenvalue weighted by molar-refractivity contribution is -0.113. The summed E-state index contributed by atoms with van der Waals surface area (Å²) in [6.45, 7) is 1.82. The number of amides is 1. The number of carbonyl (C=O) groups is 1. The second kappa shape index (κ2) is 10.2. The molecule has 1 atom stereocenters. The average Bonchev–Trinajstić information content (AvgIpc) is 3.36. The van der Waals surface area contributed by atoms with Crippen molar-refractivity contribution in [3.05, 3.63) is 83.6 Å². The van der Waals surface area contributed by atoms with Crippen molar-refractivity contribution in [1.29, 1.82) is 0 Å². The summed E-state index contributed by atoms with van der Waals surface area (Å²) in [5.74, 6) is 2.39. The average molecular weight is 514 g/mol. The van der Waals surface area contributed by atoms with Crippen LogP contribution in [0.2, 0.25) is 0 Å². The maximum Gasteiger partial charge on any atom is 0.255 e. The third-order valence-corrected chi connectivity index (χ3v) is 6.30. The van der Waals surface area contributed by atoms with Crippen LogP contribution in [0.25, 0.3) is 11.4 Å². The molecule has 1 amide bonds. The van der Waals surface area contributed by atoms with Crippen molar-refractivity contribution >= 4 is 17.5 Å². The van der Waals surface area contributed by atoms with Gasteiger partial charge in [-0.05, 0) is 55.0 Å². The number of ether oxygens (including phenoxy) is 3. The number of allylic oxidation sites excluding steroid dienone is 1. The van der Waals surface area contributed by atoms with Gasteiger partial charge in [0.2, 0.25) is 5.95 Å². The van der Waals surface area contributed by atoms with Crippen molar-refractivity contribution in [2.24, 2.45) is 0 Å². The summed E-state index contributed by atoms with van der Waals surface area (Å²) in [6, 6.07) is 18.7. The fourth-order valence-electron chi connectivity index (χ4n) is 4.45. The molecule has 3 N–H and O–H groups in total. The first-order valence-electron chi connectivity index (χ1n) is 11.8. The normalized spacial score (nSPS) is 14.4. The van der Waals surface area contributed by atoms with Crippen molar-refractivity contribution in [2.45, 2.75) is 13.0 Å². The van der Waals surface area contributed by atoms with Crippen molar-refractivity contribution in [3.63, 3.8) is 0 Å². The highest BCUT2D eigenvalue weighted by Crippen LogP contribution is 2.39. The molecule has 5 rings (SSSR count). The number of phenolic OH excluding ortho intramolecular Hbond substituents is 1. The SMILES string of the molecule is COc1ccccc1NC(=O)C1=C(C)Nc2nc(-c3ccc(OC)c(OC)c3)nn2C1c1ccc(O)cc1. The number of aromatic hydroxyl groups is 1. The molecule has 4 aromatic rings. The lowest BCUT2D eigenvalue weighted by Gasteiger charge is -2.28. The number of fused-ring (bicyclic) bond motifs is 1. The minimum absolute atomic E-state index is 0.119. The zero-order valence-electron chi connectivity index (χ0n) is 21.4. The summed E-state index contributed by atoms with van der Waals surface area (Å²) in [6.07, 6.45) is 0. The number of phenols is 1. The second-order valence-corrected chi connectivity index (χ2v) is 8.59. The van der Waals surface area contributed by atoms with E-state index < -0.39 is 6.04 Å². The molecule has 1 aliphatic rings. The third-order valence-electron chi connectivity index (χ3n) is 6.30. The Morgan fingerprint density at radius 3 is 2.37 bits per heavy atom. The van der Waals surface area contributed by atoms with Crippen LogP contribution in [0.15, 0.2) is 78.0 Å². The standard InChI is InChI=1S/C28H27N5O5/c1-16-24(27(35)30-20-7-5-6-8-21(20)36-2)25(17-9-12-19(34)13-10-17)33-28(29-16)31-26(32-33)18-11-14-22(37-3)23(15-18)38-4/h5-15,25,34H,1-4H3,(H,30,35)(H,29,31,32). The van der Waals surface area contributed by atoms with E-state index in [1.54, 1.807) is 74.5 Å². The molecule has 10 heteroatoms. The van der Waals surface area contributed by atoms with Gasteiger partial charge < -0.3 is 30.0 Å². The molecule has 2 heterocycles. The molecule has 0 saturated carbocycles. The van der Waals surface area contributed by atoms with E-state index in [2.05, 4.69) is 10.6 Å². The Hall–Kier alpha value is -4.99. The molecule has 1 aromatic heterocycles. The van der Waals surface area contributed by atoms with E-state index in [1.165, 1.54) is 0 Å². The summed E-state index contributed by atoms with van der Waals surface area (Å²) in [7, 11) is 4.69. The van der Waals surface area contributed by atoms with Gasteiger partial charge >= 0.3 is 0 Å². The van der Waals surface area contributed by atoms with Gasteiger partial charge in [0, 0.05) is 11.3 Å². The fraction of sp³-hybridized carbons (Fsp3) is 0.179. The van der Waals surface area contributed by atoms with Crippen LogP contribution in [0.1, 0.15) is 18.5 Å². The van der Waals surface area contributed by atoms with E-state index in [0.717, 1.165) is 5.56 Å². The van der Waals surface area contributed by atoms with E-state index in [-0.39, 0.29) is 11.7 Å². The van der Waals surface area contributed by atoms with Crippen LogP contribution in [-0.4, -0.2) is 47.1 Å². The first kappa shape index (κ1) is 24.7. The monoisotopic (exact) mass is 513 g/mol. The molecule has 0 bridgehead atoms. The first-order valence-corrected chi connectivity index (χ1v) is 11.8. The van der Waals surface area contributed by atoms with Crippen LogP contribution in [0.5, 0.6) is 23.0 Å². The highest BCUT2D eigenvalue weighted by molar-refractivity contribution is 6.06. The zero-order valence-corrected chi connectivity index (χ0v) is 21.4. The summed E-state index contributed by atoms with van der Waals surface area (Å²) in [5.41, 5.74) is 3.07. The maximum absolute atomic E-state index is 13.7. The number of nitrogens with one attached hydrogen (secondary N) is 2. The Labute approximate surface area is 219 Å². The van der Waals surface area contributed by atoms with Gasteiger partial charge in [-0.15, -0.1) is 5.10 Å². The Morgan fingerprint density at radius 1 is 0.947 bits per heavy atom. The minimum Gasteiger partial charge on any atom is -0.508 e. The van der Waals surface area contributed by atoms with Crippen LogP contribution in [0.3, 0.4) is 0 Å².